The second-order valence-electron chi connectivity index (χ2n) is 6.11. The zero-order valence-corrected chi connectivity index (χ0v) is 14.1. The van der Waals surface area contributed by atoms with Crippen LogP contribution in [0.2, 0.25) is 0 Å². The van der Waals surface area contributed by atoms with Gasteiger partial charge in [-0.25, -0.2) is 0 Å². The van der Waals surface area contributed by atoms with Crippen LogP contribution in [-0.4, -0.2) is 21.8 Å². The molecule has 3 rings (SSSR count). The number of benzene rings is 1. The van der Waals surface area contributed by atoms with E-state index in [9.17, 15) is 14.4 Å². The van der Waals surface area contributed by atoms with Gasteiger partial charge in [-0.3, -0.25) is 30.2 Å². The summed E-state index contributed by atoms with van der Waals surface area (Å²) in [4.78, 5) is 42.7. The van der Waals surface area contributed by atoms with E-state index in [0.717, 1.165) is 11.1 Å². The summed E-state index contributed by atoms with van der Waals surface area (Å²) in [5.74, 6) is -0.673. The Balaban J connectivity index is 2.26. The maximum Gasteiger partial charge on any atom is 0.269 e. The Hall–Kier alpha value is -3.22. The van der Waals surface area contributed by atoms with Crippen LogP contribution in [0, 0.1) is 0 Å². The lowest BCUT2D eigenvalue weighted by atomic mass is 9.97. The topological polar surface area (TPSA) is 104 Å². The van der Waals surface area contributed by atoms with Gasteiger partial charge in [-0.05, 0) is 29.5 Å². The van der Waals surface area contributed by atoms with Crippen LogP contribution in [0.4, 0.5) is 0 Å². The zero-order valence-electron chi connectivity index (χ0n) is 14.1. The van der Waals surface area contributed by atoms with Crippen molar-refractivity contribution in [3.63, 3.8) is 0 Å². The molecule has 0 unspecified atom stereocenters. The Bertz CT molecular complexity index is 1050. The lowest BCUT2D eigenvalue weighted by Gasteiger charge is -2.13. The van der Waals surface area contributed by atoms with Gasteiger partial charge in [0.25, 0.3) is 11.5 Å². The highest BCUT2D eigenvalue weighted by Crippen LogP contribution is 2.29. The molecule has 2 aromatic heterocycles. The van der Waals surface area contributed by atoms with Crippen LogP contribution in [-0.2, 0) is 4.79 Å². The Morgan fingerprint density at radius 2 is 1.88 bits per heavy atom. The molecule has 2 heterocycles. The number of rotatable bonds is 2. The third kappa shape index (κ3) is 3.08. The van der Waals surface area contributed by atoms with Gasteiger partial charge in [0.15, 0.2) is 0 Å². The fourth-order valence-electron chi connectivity index (χ4n) is 2.78. The van der Waals surface area contributed by atoms with E-state index in [1.165, 1.54) is 6.92 Å². The van der Waals surface area contributed by atoms with Gasteiger partial charge in [-0.15, -0.1) is 0 Å². The average molecular weight is 338 g/mol. The maximum absolute atomic E-state index is 12.3. The number of fused-ring (bicyclic) bond motifs is 3. The number of nitrogens with one attached hydrogen (secondary N) is 3. The number of aromatic amines is 1. The SMILES string of the molecule is CC(=O)NNC(=O)c1ccc2c(C(C)C)nc3cc[nH]c(=O)c3c2c1. The number of pyridine rings is 2. The molecule has 0 radical (unpaired) electrons. The predicted octanol–water partition coefficient (Wildman–Crippen LogP) is 1.98. The molecule has 0 spiro atoms. The van der Waals surface area contributed by atoms with Crippen molar-refractivity contribution >= 4 is 33.5 Å². The lowest BCUT2D eigenvalue weighted by Crippen LogP contribution is -2.40. The number of hydrogen-bond acceptors (Lipinski definition) is 4. The van der Waals surface area contributed by atoms with Gasteiger partial charge in [0.1, 0.15) is 0 Å². The van der Waals surface area contributed by atoms with E-state index in [1.807, 2.05) is 13.8 Å². The van der Waals surface area contributed by atoms with Crippen molar-refractivity contribution in [2.24, 2.45) is 0 Å². The van der Waals surface area contributed by atoms with Gasteiger partial charge in [0.05, 0.1) is 16.6 Å². The normalized spacial score (nSPS) is 11.0. The van der Waals surface area contributed by atoms with Crippen LogP contribution >= 0.6 is 0 Å². The molecule has 0 aliphatic heterocycles. The van der Waals surface area contributed by atoms with Crippen LogP contribution in [0.1, 0.15) is 42.7 Å². The molecule has 7 heteroatoms. The third-order valence-corrected chi connectivity index (χ3v) is 3.91. The molecule has 2 amide bonds. The van der Waals surface area contributed by atoms with Crippen molar-refractivity contribution in [2.45, 2.75) is 26.7 Å². The Kier molecular flexibility index (Phi) is 4.22. The summed E-state index contributed by atoms with van der Waals surface area (Å²) in [6, 6.07) is 6.83. The molecule has 128 valence electrons. The molecule has 1 aromatic carbocycles. The van der Waals surface area contributed by atoms with Crippen molar-refractivity contribution in [3.8, 4) is 0 Å². The minimum absolute atomic E-state index is 0.158. The van der Waals surface area contributed by atoms with Crippen molar-refractivity contribution in [3.05, 3.63) is 52.1 Å². The van der Waals surface area contributed by atoms with Gasteiger partial charge in [-0.2, -0.15) is 0 Å². The molecule has 3 aromatic rings. The third-order valence-electron chi connectivity index (χ3n) is 3.91. The Morgan fingerprint density at radius 3 is 2.56 bits per heavy atom. The molecule has 0 aliphatic rings. The summed E-state index contributed by atoms with van der Waals surface area (Å²) in [5, 5.41) is 1.93. The fourth-order valence-corrected chi connectivity index (χ4v) is 2.78. The van der Waals surface area contributed by atoms with E-state index >= 15 is 0 Å². The molecular weight excluding hydrogens is 320 g/mol. The monoisotopic (exact) mass is 338 g/mol. The Labute approximate surface area is 143 Å². The number of hydrazine groups is 1. The summed E-state index contributed by atoms with van der Waals surface area (Å²) in [7, 11) is 0. The molecular formula is C18H18N4O3. The number of nitrogens with zero attached hydrogens (tertiary/aromatic N) is 1. The maximum atomic E-state index is 12.3. The molecule has 25 heavy (non-hydrogen) atoms. The predicted molar refractivity (Wildman–Crippen MR) is 95.2 cm³/mol. The summed E-state index contributed by atoms with van der Waals surface area (Å²) < 4.78 is 0. The molecule has 0 saturated carbocycles. The van der Waals surface area contributed by atoms with E-state index in [2.05, 4.69) is 20.8 Å². The van der Waals surface area contributed by atoms with Crippen LogP contribution in [0.15, 0.2) is 35.3 Å². The molecule has 0 aliphatic carbocycles. The number of amides is 2. The summed E-state index contributed by atoms with van der Waals surface area (Å²) in [6.07, 6.45) is 1.56. The number of H-pyrrole nitrogens is 1. The lowest BCUT2D eigenvalue weighted by molar-refractivity contribution is -0.119. The van der Waals surface area contributed by atoms with Crippen LogP contribution in [0.3, 0.4) is 0 Å². The first-order chi connectivity index (χ1) is 11.9. The van der Waals surface area contributed by atoms with Crippen molar-refractivity contribution in [1.82, 2.24) is 20.8 Å². The minimum atomic E-state index is -0.458. The van der Waals surface area contributed by atoms with Crippen molar-refractivity contribution in [1.29, 1.82) is 0 Å². The first-order valence-corrected chi connectivity index (χ1v) is 7.90. The summed E-state index contributed by atoms with van der Waals surface area (Å²) >= 11 is 0. The van der Waals surface area contributed by atoms with E-state index in [1.54, 1.807) is 30.5 Å². The largest absolute Gasteiger partial charge is 0.328 e. The molecule has 7 nitrogen and oxygen atoms in total. The molecule has 0 fully saturated rings. The van der Waals surface area contributed by atoms with Crippen molar-refractivity contribution < 1.29 is 9.59 Å². The van der Waals surface area contributed by atoms with Gasteiger partial charge in [0.2, 0.25) is 5.91 Å². The number of hydrogen-bond donors (Lipinski definition) is 3. The first-order valence-electron chi connectivity index (χ1n) is 7.90. The smallest absolute Gasteiger partial charge is 0.269 e. The number of carbonyl (C=O) groups is 2. The molecule has 3 N–H and O–H groups in total. The molecule has 0 atom stereocenters. The van der Waals surface area contributed by atoms with Crippen LogP contribution in [0.5, 0.6) is 0 Å². The summed E-state index contributed by atoms with van der Waals surface area (Å²) in [6.45, 7) is 5.35. The van der Waals surface area contributed by atoms with Crippen LogP contribution in [0.25, 0.3) is 21.7 Å². The fraction of sp³-hybridized carbons (Fsp3) is 0.222. The average Bonchev–Trinajstić information content (AvgIpc) is 2.58. The molecule has 0 bridgehead atoms. The van der Waals surface area contributed by atoms with E-state index in [0.29, 0.717) is 21.9 Å². The number of aromatic nitrogens is 2. The van der Waals surface area contributed by atoms with E-state index in [-0.39, 0.29) is 17.4 Å². The second-order valence-corrected chi connectivity index (χ2v) is 6.11. The van der Waals surface area contributed by atoms with E-state index in [4.69, 9.17) is 0 Å². The van der Waals surface area contributed by atoms with Gasteiger partial charge >= 0.3 is 0 Å². The van der Waals surface area contributed by atoms with Gasteiger partial charge in [-0.1, -0.05) is 19.9 Å². The standard InChI is InChI=1S/C18H18N4O3/c1-9(2)16-12-5-4-11(17(24)22-21-10(3)23)8-13(12)15-14(20-16)6-7-19-18(15)25/h4-9H,1-3H3,(H,19,25)(H,21,23)(H,22,24). The first kappa shape index (κ1) is 16.6. The Morgan fingerprint density at radius 1 is 1.12 bits per heavy atom. The minimum Gasteiger partial charge on any atom is -0.328 e. The summed E-state index contributed by atoms with van der Waals surface area (Å²) in [5.41, 5.74) is 6.10. The van der Waals surface area contributed by atoms with Gasteiger partial charge < -0.3 is 4.98 Å². The van der Waals surface area contributed by atoms with Gasteiger partial charge in [0, 0.05) is 24.1 Å². The second kappa shape index (κ2) is 6.35. The number of carbonyl (C=O) groups excluding carboxylic acids is 2. The zero-order chi connectivity index (χ0) is 18.1. The highest BCUT2D eigenvalue weighted by atomic mass is 16.2. The quantitative estimate of drug-likeness (QED) is 0.491. The highest BCUT2D eigenvalue weighted by molar-refractivity contribution is 6.09. The van der Waals surface area contributed by atoms with Crippen molar-refractivity contribution in [2.75, 3.05) is 0 Å². The molecule has 0 saturated heterocycles. The van der Waals surface area contributed by atoms with E-state index < -0.39 is 5.91 Å². The van der Waals surface area contributed by atoms with Crippen LogP contribution < -0.4 is 16.4 Å². The highest BCUT2D eigenvalue weighted by Gasteiger charge is 2.15.